The van der Waals surface area contributed by atoms with Gasteiger partial charge in [-0.25, -0.2) is 4.98 Å². The van der Waals surface area contributed by atoms with Gasteiger partial charge in [-0.2, -0.15) is 13.2 Å². The molecular formula is C14H14F3N3O2. The van der Waals surface area contributed by atoms with Crippen molar-refractivity contribution in [3.63, 3.8) is 0 Å². The van der Waals surface area contributed by atoms with Crippen LogP contribution in [0.3, 0.4) is 0 Å². The summed E-state index contributed by atoms with van der Waals surface area (Å²) in [6.07, 6.45) is 2.78. The average molecular weight is 313 g/mol. The summed E-state index contributed by atoms with van der Waals surface area (Å²) < 4.78 is 38.4. The lowest BCUT2D eigenvalue weighted by Gasteiger charge is -2.16. The zero-order valence-electron chi connectivity index (χ0n) is 11.6. The van der Waals surface area contributed by atoms with Crippen molar-refractivity contribution in [3.05, 3.63) is 30.4 Å². The van der Waals surface area contributed by atoms with E-state index in [1.165, 1.54) is 12.4 Å². The molecule has 0 aromatic carbocycles. The largest absolute Gasteiger partial charge is 0.406 e. The molecule has 1 aliphatic carbocycles. The standard InChI is InChI=1S/C14H14F3N3O2/c15-14(16,17)8-19-6-5-18-11(19)7-20-12(21)9-3-1-2-4-10(9)13(20)22/h1-2,5-6,9-10H,3-4,7-8H2/t9-,10-/m0/s1. The third kappa shape index (κ3) is 2.65. The molecule has 0 spiro atoms. The summed E-state index contributed by atoms with van der Waals surface area (Å²) in [7, 11) is 0. The van der Waals surface area contributed by atoms with E-state index in [2.05, 4.69) is 4.98 Å². The number of carbonyl (C=O) groups excluding carboxylic acids is 2. The van der Waals surface area contributed by atoms with Crippen LogP contribution in [0.25, 0.3) is 0 Å². The van der Waals surface area contributed by atoms with Crippen molar-refractivity contribution in [2.24, 2.45) is 11.8 Å². The molecule has 5 nitrogen and oxygen atoms in total. The molecule has 2 atom stereocenters. The van der Waals surface area contributed by atoms with Gasteiger partial charge in [0.15, 0.2) is 0 Å². The molecule has 2 aliphatic rings. The smallest absolute Gasteiger partial charge is 0.324 e. The molecule has 1 fully saturated rings. The normalized spacial score (nSPS) is 25.0. The molecule has 8 heteroatoms. The zero-order chi connectivity index (χ0) is 15.9. The molecule has 118 valence electrons. The first-order valence-electron chi connectivity index (χ1n) is 6.94. The van der Waals surface area contributed by atoms with E-state index in [4.69, 9.17) is 0 Å². The van der Waals surface area contributed by atoms with E-state index in [-0.39, 0.29) is 36.0 Å². The SMILES string of the molecule is O=C1[C@H]2CC=CC[C@@H]2C(=O)N1Cc1nccn1CC(F)(F)F. The minimum absolute atomic E-state index is 0.0608. The van der Waals surface area contributed by atoms with Gasteiger partial charge in [-0.15, -0.1) is 0 Å². The molecule has 0 radical (unpaired) electrons. The number of alkyl halides is 3. The van der Waals surface area contributed by atoms with E-state index in [1.807, 2.05) is 12.2 Å². The number of hydrogen-bond donors (Lipinski definition) is 0. The van der Waals surface area contributed by atoms with Gasteiger partial charge in [0.05, 0.1) is 18.4 Å². The zero-order valence-corrected chi connectivity index (χ0v) is 11.6. The van der Waals surface area contributed by atoms with Gasteiger partial charge in [0.25, 0.3) is 0 Å². The van der Waals surface area contributed by atoms with E-state index >= 15 is 0 Å². The van der Waals surface area contributed by atoms with Gasteiger partial charge in [0.1, 0.15) is 12.4 Å². The van der Waals surface area contributed by atoms with Crippen LogP contribution in [0, 0.1) is 11.8 Å². The number of likely N-dealkylation sites (tertiary alicyclic amines) is 1. The number of nitrogens with zero attached hydrogens (tertiary/aromatic N) is 3. The topological polar surface area (TPSA) is 55.2 Å². The molecule has 1 aromatic heterocycles. The quantitative estimate of drug-likeness (QED) is 0.632. The monoisotopic (exact) mass is 313 g/mol. The molecule has 1 aromatic rings. The maximum atomic E-state index is 12.5. The van der Waals surface area contributed by atoms with E-state index in [1.54, 1.807) is 0 Å². The van der Waals surface area contributed by atoms with Gasteiger partial charge in [-0.05, 0) is 12.8 Å². The molecule has 0 N–H and O–H groups in total. The van der Waals surface area contributed by atoms with E-state index < -0.39 is 12.7 Å². The molecule has 0 unspecified atom stereocenters. The average Bonchev–Trinajstić information content (AvgIpc) is 2.97. The van der Waals surface area contributed by atoms with Gasteiger partial charge < -0.3 is 4.57 Å². The Balaban J connectivity index is 1.78. The lowest BCUT2D eigenvalue weighted by molar-refractivity contribution is -0.142. The summed E-state index contributed by atoms with van der Waals surface area (Å²) in [5.74, 6) is -1.35. The third-order valence-electron chi connectivity index (χ3n) is 4.05. The number of imide groups is 1. The van der Waals surface area contributed by atoms with Crippen molar-refractivity contribution < 1.29 is 22.8 Å². The fraction of sp³-hybridized carbons (Fsp3) is 0.500. The first-order chi connectivity index (χ1) is 10.4. The number of amides is 2. The van der Waals surface area contributed by atoms with Crippen molar-refractivity contribution in [1.82, 2.24) is 14.5 Å². The summed E-state index contributed by atoms with van der Waals surface area (Å²) in [5.41, 5.74) is 0. The number of halogens is 3. The summed E-state index contributed by atoms with van der Waals surface area (Å²) in [6.45, 7) is -1.40. The first kappa shape index (κ1) is 14.8. The Labute approximate surface area is 124 Å². The van der Waals surface area contributed by atoms with Crippen LogP contribution in [0.15, 0.2) is 24.5 Å². The van der Waals surface area contributed by atoms with Crippen LogP contribution in [0.1, 0.15) is 18.7 Å². The summed E-state index contributed by atoms with van der Waals surface area (Å²) >= 11 is 0. The fourth-order valence-corrected chi connectivity index (χ4v) is 3.00. The molecule has 0 bridgehead atoms. The molecule has 0 saturated carbocycles. The Hall–Kier alpha value is -2.12. The summed E-state index contributed by atoms with van der Waals surface area (Å²) in [6, 6.07) is 0. The van der Waals surface area contributed by atoms with Gasteiger partial charge in [0.2, 0.25) is 11.8 Å². The number of aromatic nitrogens is 2. The number of hydrogen-bond acceptors (Lipinski definition) is 3. The third-order valence-corrected chi connectivity index (χ3v) is 4.05. The Morgan fingerprint density at radius 3 is 2.27 bits per heavy atom. The van der Waals surface area contributed by atoms with E-state index in [0.29, 0.717) is 12.8 Å². The molecule has 3 rings (SSSR count). The van der Waals surface area contributed by atoms with Crippen LogP contribution >= 0.6 is 0 Å². The number of allylic oxidation sites excluding steroid dienone is 2. The van der Waals surface area contributed by atoms with Crippen LogP contribution in [0.5, 0.6) is 0 Å². The second kappa shape index (κ2) is 5.26. The maximum Gasteiger partial charge on any atom is 0.406 e. The Kier molecular flexibility index (Phi) is 3.54. The number of fused-ring (bicyclic) bond motifs is 1. The Morgan fingerprint density at radius 2 is 1.73 bits per heavy atom. The van der Waals surface area contributed by atoms with Gasteiger partial charge in [-0.1, -0.05) is 12.2 Å². The second-order valence-corrected chi connectivity index (χ2v) is 5.50. The van der Waals surface area contributed by atoms with Crippen LogP contribution in [-0.2, 0) is 22.7 Å². The maximum absolute atomic E-state index is 12.5. The highest BCUT2D eigenvalue weighted by Crippen LogP contribution is 2.35. The van der Waals surface area contributed by atoms with Crippen molar-refractivity contribution in [3.8, 4) is 0 Å². The van der Waals surface area contributed by atoms with Crippen LogP contribution < -0.4 is 0 Å². The van der Waals surface area contributed by atoms with Crippen molar-refractivity contribution >= 4 is 11.8 Å². The van der Waals surface area contributed by atoms with Gasteiger partial charge >= 0.3 is 6.18 Å². The number of rotatable bonds is 3. The lowest BCUT2D eigenvalue weighted by Crippen LogP contribution is -2.32. The van der Waals surface area contributed by atoms with Gasteiger partial charge in [0, 0.05) is 12.4 Å². The summed E-state index contributed by atoms with van der Waals surface area (Å²) in [5, 5.41) is 0. The van der Waals surface area contributed by atoms with Crippen molar-refractivity contribution in [2.75, 3.05) is 0 Å². The van der Waals surface area contributed by atoms with Crippen LogP contribution in [0.4, 0.5) is 13.2 Å². The fourth-order valence-electron chi connectivity index (χ4n) is 3.00. The predicted octanol–water partition coefficient (Wildman–Crippen LogP) is 1.90. The number of imidazole rings is 1. The highest BCUT2D eigenvalue weighted by atomic mass is 19.4. The molecule has 2 heterocycles. The molecule has 22 heavy (non-hydrogen) atoms. The first-order valence-corrected chi connectivity index (χ1v) is 6.94. The van der Waals surface area contributed by atoms with E-state index in [0.717, 1.165) is 9.47 Å². The number of carbonyl (C=O) groups is 2. The van der Waals surface area contributed by atoms with Crippen LogP contribution in [-0.4, -0.2) is 32.4 Å². The minimum atomic E-state index is -4.38. The Bertz CT molecular complexity index is 610. The second-order valence-electron chi connectivity index (χ2n) is 5.50. The van der Waals surface area contributed by atoms with Crippen LogP contribution in [0.2, 0.25) is 0 Å². The molecule has 1 saturated heterocycles. The highest BCUT2D eigenvalue weighted by molar-refractivity contribution is 6.05. The predicted molar refractivity (Wildman–Crippen MR) is 69.2 cm³/mol. The van der Waals surface area contributed by atoms with Gasteiger partial charge in [-0.3, -0.25) is 14.5 Å². The molecule has 2 amide bonds. The Morgan fingerprint density at radius 1 is 1.14 bits per heavy atom. The molecular weight excluding hydrogens is 299 g/mol. The highest BCUT2D eigenvalue weighted by Gasteiger charge is 2.47. The minimum Gasteiger partial charge on any atom is -0.324 e. The molecule has 1 aliphatic heterocycles. The summed E-state index contributed by atoms with van der Waals surface area (Å²) in [4.78, 5) is 29.5. The van der Waals surface area contributed by atoms with E-state index in [9.17, 15) is 22.8 Å². The van der Waals surface area contributed by atoms with Crippen molar-refractivity contribution in [2.45, 2.75) is 32.1 Å². The van der Waals surface area contributed by atoms with Crippen molar-refractivity contribution in [1.29, 1.82) is 0 Å². The lowest BCUT2D eigenvalue weighted by atomic mass is 9.85.